The molecule has 2 aromatic rings. The van der Waals surface area contributed by atoms with Crippen molar-refractivity contribution in [1.82, 2.24) is 40.9 Å². The SMILES string of the molecule is C.CC.CC.CC.CC.CC(C)C1CCCN1.CC(C)C1CCNC1.CC(C)N1CCC(N2C(=O)Cc3ccccc32)CC1.CC(C)N1CCC2(CC1)C(=O)NCN2c1ccccc1.CC(C)N1CCCC1.CC(C)N1CCNCC1. The van der Waals surface area contributed by atoms with Crippen LogP contribution in [0.3, 0.4) is 0 Å². The second-order valence-corrected chi connectivity index (χ2v) is 23.7. The number of piperidine rings is 2. The van der Waals surface area contributed by atoms with Crippen molar-refractivity contribution >= 4 is 23.2 Å². The number of nitrogens with one attached hydrogen (secondary N) is 4. The maximum absolute atomic E-state index is 12.4. The number of para-hydroxylation sites is 2. The highest BCUT2D eigenvalue weighted by Crippen LogP contribution is 2.37. The predicted molar refractivity (Wildman–Crippen MR) is 357 cm³/mol. The molecular formula is C69H134N10O2. The summed E-state index contributed by atoms with van der Waals surface area (Å²) in [6.45, 7) is 59.1. The van der Waals surface area contributed by atoms with Crippen molar-refractivity contribution in [2.24, 2.45) is 17.8 Å². The maximum Gasteiger partial charge on any atom is 0.247 e. The summed E-state index contributed by atoms with van der Waals surface area (Å²) in [5.41, 5.74) is 3.14. The highest BCUT2D eigenvalue weighted by Gasteiger charge is 2.50. The maximum atomic E-state index is 12.4. The molecule has 2 amide bonds. The van der Waals surface area contributed by atoms with Crippen LogP contribution in [0.5, 0.6) is 0 Å². The molecule has 1 spiro atoms. The third-order valence-electron chi connectivity index (χ3n) is 16.9. The van der Waals surface area contributed by atoms with Gasteiger partial charge in [0, 0.05) is 100.0 Å². The van der Waals surface area contributed by atoms with Gasteiger partial charge in [0.25, 0.3) is 0 Å². The summed E-state index contributed by atoms with van der Waals surface area (Å²) in [5, 5.41) is 13.2. The molecule has 7 saturated heterocycles. The molecule has 12 heteroatoms. The molecule has 0 bridgehead atoms. The molecule has 8 aliphatic rings. The molecule has 12 nitrogen and oxygen atoms in total. The number of likely N-dealkylation sites (tertiary alicyclic amines) is 3. The number of anilines is 2. The summed E-state index contributed by atoms with van der Waals surface area (Å²) in [4.78, 5) is 39.0. The molecule has 2 atom stereocenters. The van der Waals surface area contributed by atoms with E-state index in [2.05, 4.69) is 158 Å². The van der Waals surface area contributed by atoms with E-state index >= 15 is 0 Å². The van der Waals surface area contributed by atoms with Crippen molar-refractivity contribution in [2.75, 3.05) is 102 Å². The number of benzene rings is 2. The molecule has 4 N–H and O–H groups in total. The van der Waals surface area contributed by atoms with Crippen LogP contribution in [-0.2, 0) is 16.0 Å². The number of amides is 2. The summed E-state index contributed by atoms with van der Waals surface area (Å²) in [5.74, 6) is 3.14. The van der Waals surface area contributed by atoms with E-state index in [4.69, 9.17) is 0 Å². The Balaban J connectivity index is 0.000000963. The first-order valence-corrected chi connectivity index (χ1v) is 33.1. The van der Waals surface area contributed by atoms with E-state index in [0.29, 0.717) is 31.2 Å². The predicted octanol–water partition coefficient (Wildman–Crippen LogP) is 13.4. The van der Waals surface area contributed by atoms with Crippen molar-refractivity contribution in [3.8, 4) is 0 Å². The fraction of sp³-hybridized carbons (Fsp3) is 0.797. The molecule has 0 aliphatic carbocycles. The van der Waals surface area contributed by atoms with Crippen LogP contribution in [0.2, 0.25) is 0 Å². The highest BCUT2D eigenvalue weighted by molar-refractivity contribution is 6.01. The van der Waals surface area contributed by atoms with Crippen LogP contribution in [0.4, 0.5) is 11.4 Å². The van der Waals surface area contributed by atoms with Crippen LogP contribution >= 0.6 is 0 Å². The number of carbonyl (C=O) groups excluding carboxylic acids is 2. The van der Waals surface area contributed by atoms with Gasteiger partial charge in [0.05, 0.1) is 13.1 Å². The number of piperazine rings is 1. The van der Waals surface area contributed by atoms with E-state index in [-0.39, 0.29) is 24.8 Å². The van der Waals surface area contributed by atoms with Gasteiger partial charge in [-0.1, -0.05) is 127 Å². The second kappa shape index (κ2) is 44.4. The minimum atomic E-state index is -0.341. The number of rotatable bonds is 8. The van der Waals surface area contributed by atoms with Crippen molar-refractivity contribution in [3.05, 3.63) is 60.2 Å². The quantitative estimate of drug-likeness (QED) is 0.204. The van der Waals surface area contributed by atoms with E-state index in [1.54, 1.807) is 0 Å². The second-order valence-electron chi connectivity index (χ2n) is 23.7. The Morgan fingerprint density at radius 3 is 1.42 bits per heavy atom. The van der Waals surface area contributed by atoms with Gasteiger partial charge in [-0.15, -0.1) is 0 Å². The topological polar surface area (TPSA) is 102 Å². The van der Waals surface area contributed by atoms with Crippen LogP contribution in [0, 0.1) is 17.8 Å². The van der Waals surface area contributed by atoms with E-state index in [1.165, 1.54) is 83.5 Å². The number of nitrogens with zero attached hydrogens (tertiary/aromatic N) is 6. The molecule has 81 heavy (non-hydrogen) atoms. The van der Waals surface area contributed by atoms with Gasteiger partial charge in [0.2, 0.25) is 11.8 Å². The monoisotopic (exact) mass is 1140 g/mol. The molecule has 2 unspecified atom stereocenters. The fourth-order valence-corrected chi connectivity index (χ4v) is 11.8. The zero-order chi connectivity index (χ0) is 60.2. The average Bonchev–Trinajstić information content (AvgIpc) is 4.48. The smallest absolute Gasteiger partial charge is 0.247 e. The Hall–Kier alpha value is -3.10. The number of carbonyl (C=O) groups is 2. The Bertz CT molecular complexity index is 1750. The highest BCUT2D eigenvalue weighted by atomic mass is 16.2. The molecule has 8 heterocycles. The van der Waals surface area contributed by atoms with E-state index in [0.717, 1.165) is 112 Å². The van der Waals surface area contributed by atoms with E-state index < -0.39 is 0 Å². The lowest BCUT2D eigenvalue weighted by Gasteiger charge is -2.44. The van der Waals surface area contributed by atoms with Crippen molar-refractivity contribution < 1.29 is 9.59 Å². The molecule has 7 fully saturated rings. The molecular weight excluding hydrogens is 1000 g/mol. The van der Waals surface area contributed by atoms with Crippen LogP contribution in [-0.4, -0.2) is 165 Å². The lowest BCUT2D eigenvalue weighted by molar-refractivity contribution is -0.125. The normalized spacial score (nSPS) is 21.5. The zero-order valence-electron chi connectivity index (χ0n) is 55.9. The number of hydrogen-bond acceptors (Lipinski definition) is 10. The lowest BCUT2D eigenvalue weighted by atomic mass is 9.85. The van der Waals surface area contributed by atoms with Crippen LogP contribution in [0.1, 0.15) is 209 Å². The van der Waals surface area contributed by atoms with Gasteiger partial charge in [0.15, 0.2) is 0 Å². The van der Waals surface area contributed by atoms with Gasteiger partial charge in [-0.2, -0.15) is 0 Å². The van der Waals surface area contributed by atoms with Gasteiger partial charge >= 0.3 is 0 Å². The first kappa shape index (κ1) is 77.9. The summed E-state index contributed by atoms with van der Waals surface area (Å²) in [6, 6.07) is 22.4. The molecule has 2 aromatic carbocycles. The number of fused-ring (bicyclic) bond motifs is 1. The zero-order valence-corrected chi connectivity index (χ0v) is 55.9. The molecule has 0 saturated carbocycles. The summed E-state index contributed by atoms with van der Waals surface area (Å²) in [7, 11) is 0. The largest absolute Gasteiger partial charge is 0.339 e. The van der Waals surface area contributed by atoms with Gasteiger partial charge in [-0.25, -0.2) is 0 Å². The standard InChI is InChI=1S/C16H23N3O.C16H22N2O.C7H16N2.3C7H15N.4C2H6.CH4/c1-13(2)18-10-8-16(9-11-18)15(20)17-12-19(16)14-6-4-3-5-7-14;1-12(2)17-9-7-14(8-10-17)18-15-6-4-3-5-13(15)11-16(18)19;1-7(2)9-5-3-8-4-6-9;1-6(2)7-3-4-8-5-7;1-7(2)8-5-3-4-6-8;1-6(2)7-4-3-5-8-7;4*1-2;/h3-7,13H,8-12H2,1-2H3,(H,17,20);3-6,12,14H,7-11H2,1-2H3;7-8H,3-6H2,1-2H3;6-8H,3-5H2,1-2H3;7H,3-6H2,1-2H3;6-8H,3-5H2,1-2H3;4*1-2H3;1H4. The van der Waals surface area contributed by atoms with Crippen LogP contribution in [0.25, 0.3) is 0 Å². The van der Waals surface area contributed by atoms with Gasteiger partial charge < -0.3 is 45.8 Å². The third-order valence-corrected chi connectivity index (χ3v) is 16.9. The van der Waals surface area contributed by atoms with Gasteiger partial charge in [0.1, 0.15) is 5.54 Å². The van der Waals surface area contributed by atoms with Crippen LogP contribution < -0.4 is 31.1 Å². The van der Waals surface area contributed by atoms with E-state index in [9.17, 15) is 9.59 Å². The Labute approximate surface area is 502 Å². The average molecular weight is 1140 g/mol. The molecule has 0 aromatic heterocycles. The van der Waals surface area contributed by atoms with Crippen molar-refractivity contribution in [3.63, 3.8) is 0 Å². The summed E-state index contributed by atoms with van der Waals surface area (Å²) in [6.07, 6.45) is 11.6. The van der Waals surface area contributed by atoms with Crippen molar-refractivity contribution in [1.29, 1.82) is 0 Å². The first-order chi connectivity index (χ1) is 38.5. The summed E-state index contributed by atoms with van der Waals surface area (Å²) < 4.78 is 0. The van der Waals surface area contributed by atoms with Gasteiger partial charge in [-0.05, 0) is 187 Å². The lowest BCUT2D eigenvalue weighted by Crippen LogP contribution is -2.57. The fourth-order valence-electron chi connectivity index (χ4n) is 11.8. The van der Waals surface area contributed by atoms with Crippen molar-refractivity contribution in [2.45, 2.75) is 252 Å². The molecule has 8 aliphatic heterocycles. The van der Waals surface area contributed by atoms with E-state index in [1.807, 2.05) is 85.7 Å². The minimum Gasteiger partial charge on any atom is -0.339 e. The summed E-state index contributed by atoms with van der Waals surface area (Å²) >= 11 is 0. The Morgan fingerprint density at radius 1 is 0.506 bits per heavy atom. The number of hydrogen-bond donors (Lipinski definition) is 4. The Morgan fingerprint density at radius 2 is 1.00 bits per heavy atom. The first-order valence-electron chi connectivity index (χ1n) is 33.1. The minimum absolute atomic E-state index is 0. The van der Waals surface area contributed by atoms with Gasteiger partial charge in [-0.3, -0.25) is 14.5 Å². The molecule has 472 valence electrons. The molecule has 0 radical (unpaired) electrons. The Kier molecular flexibility index (Phi) is 42.7. The van der Waals surface area contributed by atoms with Crippen LogP contribution in [0.15, 0.2) is 54.6 Å². The third kappa shape index (κ3) is 26.4. The molecule has 10 rings (SSSR count).